The standard InChI is InChI=1S/C21H18N4O3/c1-12-4-2-3-5-18(12)25-10-13(9-22-25)14-7-20(26)23-16-8-19-17(6-15(14)16)24-21(27)11-28-19/h2-6,8-10,14H,7,11H2,1H3,(H,23,26)(H,24,27). The maximum Gasteiger partial charge on any atom is 0.262 e. The van der Waals surface area contributed by atoms with Gasteiger partial charge in [0, 0.05) is 30.3 Å². The van der Waals surface area contributed by atoms with Crippen molar-refractivity contribution in [3.05, 3.63) is 65.5 Å². The molecule has 0 saturated carbocycles. The third-order valence-electron chi connectivity index (χ3n) is 5.19. The number of fused-ring (bicyclic) bond motifs is 2. The van der Waals surface area contributed by atoms with Crippen LogP contribution in [0.25, 0.3) is 5.69 Å². The molecule has 2 aliphatic heterocycles. The predicted octanol–water partition coefficient (Wildman–Crippen LogP) is 2.99. The van der Waals surface area contributed by atoms with Gasteiger partial charge in [-0.2, -0.15) is 5.10 Å². The molecular weight excluding hydrogens is 356 g/mol. The van der Waals surface area contributed by atoms with Gasteiger partial charge in [0.2, 0.25) is 5.91 Å². The molecule has 3 aromatic rings. The fourth-order valence-electron chi connectivity index (χ4n) is 3.80. The molecule has 5 rings (SSSR count). The SMILES string of the molecule is Cc1ccccc1-n1cc(C2CC(=O)Nc3cc4c(cc32)NC(=O)CO4)cn1. The monoisotopic (exact) mass is 374 g/mol. The van der Waals surface area contributed by atoms with Gasteiger partial charge in [-0.1, -0.05) is 18.2 Å². The van der Waals surface area contributed by atoms with Crippen LogP contribution in [0.1, 0.15) is 29.0 Å². The second-order valence-electron chi connectivity index (χ2n) is 7.08. The Morgan fingerprint density at radius 1 is 1.11 bits per heavy atom. The molecule has 140 valence electrons. The van der Waals surface area contributed by atoms with Crippen LogP contribution in [0, 0.1) is 6.92 Å². The number of anilines is 2. The summed E-state index contributed by atoms with van der Waals surface area (Å²) in [7, 11) is 0. The normalized spacial score (nSPS) is 17.8. The quantitative estimate of drug-likeness (QED) is 0.722. The topological polar surface area (TPSA) is 85.2 Å². The van der Waals surface area contributed by atoms with Crippen molar-refractivity contribution in [3.8, 4) is 11.4 Å². The molecule has 7 nitrogen and oxygen atoms in total. The summed E-state index contributed by atoms with van der Waals surface area (Å²) in [5.74, 6) is 0.178. The van der Waals surface area contributed by atoms with Crippen LogP contribution >= 0.6 is 0 Å². The van der Waals surface area contributed by atoms with Crippen molar-refractivity contribution in [2.24, 2.45) is 0 Å². The third-order valence-corrected chi connectivity index (χ3v) is 5.19. The number of amides is 2. The lowest BCUT2D eigenvalue weighted by Gasteiger charge is -2.28. The van der Waals surface area contributed by atoms with Gasteiger partial charge in [-0.25, -0.2) is 4.68 Å². The Labute approximate surface area is 161 Å². The van der Waals surface area contributed by atoms with Gasteiger partial charge in [-0.3, -0.25) is 9.59 Å². The summed E-state index contributed by atoms with van der Waals surface area (Å²) in [4.78, 5) is 24.0. The Bertz CT molecular complexity index is 1120. The molecule has 2 amide bonds. The Morgan fingerprint density at radius 3 is 2.79 bits per heavy atom. The van der Waals surface area contributed by atoms with Crippen LogP contribution in [-0.2, 0) is 9.59 Å². The Morgan fingerprint density at radius 2 is 1.93 bits per heavy atom. The summed E-state index contributed by atoms with van der Waals surface area (Å²) >= 11 is 0. The molecule has 2 N–H and O–H groups in total. The molecule has 7 heteroatoms. The molecule has 1 aromatic heterocycles. The molecule has 2 aromatic carbocycles. The van der Waals surface area contributed by atoms with Crippen molar-refractivity contribution in [1.82, 2.24) is 9.78 Å². The number of ether oxygens (including phenoxy) is 1. The second-order valence-corrected chi connectivity index (χ2v) is 7.08. The lowest BCUT2D eigenvalue weighted by atomic mass is 9.86. The number of carbonyl (C=O) groups is 2. The van der Waals surface area contributed by atoms with E-state index in [1.165, 1.54) is 0 Å². The zero-order chi connectivity index (χ0) is 19.3. The van der Waals surface area contributed by atoms with E-state index in [1.54, 1.807) is 12.3 Å². The molecule has 0 saturated heterocycles. The summed E-state index contributed by atoms with van der Waals surface area (Å²) in [6.07, 6.45) is 4.08. The first kappa shape index (κ1) is 16.6. The fraction of sp³-hybridized carbons (Fsp3) is 0.190. The fourth-order valence-corrected chi connectivity index (χ4v) is 3.80. The summed E-state index contributed by atoms with van der Waals surface area (Å²) in [6.45, 7) is 2.02. The molecule has 1 unspecified atom stereocenters. The number of benzene rings is 2. The molecule has 28 heavy (non-hydrogen) atoms. The number of hydrogen-bond acceptors (Lipinski definition) is 4. The molecule has 3 heterocycles. The van der Waals surface area contributed by atoms with Crippen molar-refractivity contribution in [2.45, 2.75) is 19.3 Å². The minimum absolute atomic E-state index is 0.0215. The van der Waals surface area contributed by atoms with E-state index in [1.807, 2.05) is 48.1 Å². The van der Waals surface area contributed by atoms with E-state index in [0.717, 1.165) is 22.4 Å². The molecule has 2 aliphatic rings. The maximum atomic E-state index is 12.3. The number of nitrogens with one attached hydrogen (secondary N) is 2. The number of aryl methyl sites for hydroxylation is 1. The Kier molecular flexibility index (Phi) is 3.68. The highest BCUT2D eigenvalue weighted by Crippen LogP contribution is 2.43. The van der Waals surface area contributed by atoms with Gasteiger partial charge >= 0.3 is 0 Å². The zero-order valence-corrected chi connectivity index (χ0v) is 15.2. The smallest absolute Gasteiger partial charge is 0.262 e. The molecule has 0 bridgehead atoms. The highest BCUT2D eigenvalue weighted by Gasteiger charge is 2.30. The number of aromatic nitrogens is 2. The summed E-state index contributed by atoms with van der Waals surface area (Å²) < 4.78 is 7.31. The molecule has 0 radical (unpaired) electrons. The van der Waals surface area contributed by atoms with Gasteiger partial charge < -0.3 is 15.4 Å². The number of rotatable bonds is 2. The van der Waals surface area contributed by atoms with E-state index in [9.17, 15) is 9.59 Å². The van der Waals surface area contributed by atoms with Gasteiger partial charge in [0.05, 0.1) is 17.6 Å². The van der Waals surface area contributed by atoms with Gasteiger partial charge in [0.25, 0.3) is 5.91 Å². The van der Waals surface area contributed by atoms with Crippen molar-refractivity contribution >= 4 is 23.2 Å². The van der Waals surface area contributed by atoms with Crippen molar-refractivity contribution < 1.29 is 14.3 Å². The second kappa shape index (κ2) is 6.23. The van der Waals surface area contributed by atoms with Crippen molar-refractivity contribution in [1.29, 1.82) is 0 Å². The minimum atomic E-state index is -0.184. The Balaban J connectivity index is 1.57. The van der Waals surface area contributed by atoms with Crippen LogP contribution in [0.3, 0.4) is 0 Å². The highest BCUT2D eigenvalue weighted by molar-refractivity contribution is 5.99. The van der Waals surface area contributed by atoms with Gasteiger partial charge in [-0.15, -0.1) is 0 Å². The predicted molar refractivity (Wildman–Crippen MR) is 104 cm³/mol. The molecule has 1 atom stereocenters. The first-order chi connectivity index (χ1) is 13.6. The van der Waals surface area contributed by atoms with Crippen LogP contribution in [0.15, 0.2) is 48.8 Å². The van der Waals surface area contributed by atoms with E-state index in [-0.39, 0.29) is 24.3 Å². The molecular formula is C21H18N4O3. The summed E-state index contributed by atoms with van der Waals surface area (Å²) in [5.41, 5.74) is 5.34. The molecule has 0 aliphatic carbocycles. The van der Waals surface area contributed by atoms with Crippen LogP contribution in [0.2, 0.25) is 0 Å². The largest absolute Gasteiger partial charge is 0.482 e. The first-order valence-electron chi connectivity index (χ1n) is 9.09. The average Bonchev–Trinajstić information content (AvgIpc) is 3.16. The molecule has 0 fully saturated rings. The van der Waals surface area contributed by atoms with Crippen molar-refractivity contribution in [3.63, 3.8) is 0 Å². The third kappa shape index (κ3) is 2.72. The lowest BCUT2D eigenvalue weighted by molar-refractivity contribution is -0.119. The van der Waals surface area contributed by atoms with E-state index in [2.05, 4.69) is 15.7 Å². The van der Waals surface area contributed by atoms with E-state index in [0.29, 0.717) is 23.5 Å². The highest BCUT2D eigenvalue weighted by atomic mass is 16.5. The molecule has 0 spiro atoms. The van der Waals surface area contributed by atoms with Gasteiger partial charge in [-0.05, 0) is 35.7 Å². The summed E-state index contributed by atoms with van der Waals surface area (Å²) in [6, 6.07) is 11.7. The summed E-state index contributed by atoms with van der Waals surface area (Å²) in [5, 5.41) is 10.3. The number of nitrogens with zero attached hydrogens (tertiary/aromatic N) is 2. The van der Waals surface area contributed by atoms with Crippen molar-refractivity contribution in [2.75, 3.05) is 17.2 Å². The zero-order valence-electron chi connectivity index (χ0n) is 15.2. The van der Waals surface area contributed by atoms with E-state index in [4.69, 9.17) is 4.74 Å². The minimum Gasteiger partial charge on any atom is -0.482 e. The Hall–Kier alpha value is -3.61. The van der Waals surface area contributed by atoms with Crippen LogP contribution in [0.5, 0.6) is 5.75 Å². The van der Waals surface area contributed by atoms with E-state index >= 15 is 0 Å². The number of hydrogen-bond donors (Lipinski definition) is 2. The van der Waals surface area contributed by atoms with Crippen LogP contribution in [-0.4, -0.2) is 28.2 Å². The first-order valence-corrected chi connectivity index (χ1v) is 9.09. The van der Waals surface area contributed by atoms with Gasteiger partial charge in [0.15, 0.2) is 6.61 Å². The van der Waals surface area contributed by atoms with Gasteiger partial charge in [0.1, 0.15) is 5.75 Å². The average molecular weight is 374 g/mol. The number of para-hydroxylation sites is 1. The van der Waals surface area contributed by atoms with E-state index < -0.39 is 0 Å². The van der Waals surface area contributed by atoms with Crippen LogP contribution < -0.4 is 15.4 Å². The lowest BCUT2D eigenvalue weighted by Crippen LogP contribution is -2.28. The maximum absolute atomic E-state index is 12.3. The number of carbonyl (C=O) groups excluding carboxylic acids is 2. The van der Waals surface area contributed by atoms with Crippen LogP contribution in [0.4, 0.5) is 11.4 Å².